The molecule has 0 spiro atoms. The van der Waals surface area contributed by atoms with E-state index >= 15 is 0 Å². The quantitative estimate of drug-likeness (QED) is 0.278. The van der Waals surface area contributed by atoms with Crippen LogP contribution in [0, 0.1) is 6.92 Å². The minimum atomic E-state index is 0.482. The molecule has 4 aromatic rings. The fourth-order valence-electron chi connectivity index (χ4n) is 3.90. The standard InChI is InChI=1S/C26H24Cl2N2O4/c1-15-25(16-6-10-21(31-2)23(12-16)33-4)29-30(20-9-8-18(27)14-19(20)28)26(15)17-7-11-22(32-3)24(13-17)34-5/h6-14H,1-5H3. The Balaban J connectivity index is 1.99. The van der Waals surface area contributed by atoms with E-state index < -0.39 is 0 Å². The van der Waals surface area contributed by atoms with Gasteiger partial charge in [0.15, 0.2) is 23.0 Å². The highest BCUT2D eigenvalue weighted by Gasteiger charge is 2.22. The molecule has 0 fully saturated rings. The molecule has 0 aliphatic rings. The fourth-order valence-corrected chi connectivity index (χ4v) is 4.39. The van der Waals surface area contributed by atoms with Crippen LogP contribution in [-0.2, 0) is 0 Å². The van der Waals surface area contributed by atoms with Gasteiger partial charge in [0.2, 0.25) is 0 Å². The Morgan fingerprint density at radius 3 is 1.79 bits per heavy atom. The van der Waals surface area contributed by atoms with Crippen molar-refractivity contribution in [2.75, 3.05) is 28.4 Å². The molecule has 0 amide bonds. The third kappa shape index (κ3) is 4.27. The van der Waals surface area contributed by atoms with Crippen molar-refractivity contribution in [2.24, 2.45) is 0 Å². The van der Waals surface area contributed by atoms with E-state index in [2.05, 4.69) is 0 Å². The van der Waals surface area contributed by atoms with Gasteiger partial charge in [-0.2, -0.15) is 5.10 Å². The smallest absolute Gasteiger partial charge is 0.161 e. The molecule has 0 radical (unpaired) electrons. The van der Waals surface area contributed by atoms with Gasteiger partial charge in [0.1, 0.15) is 0 Å². The second-order valence-corrected chi connectivity index (χ2v) is 8.31. The number of hydrogen-bond acceptors (Lipinski definition) is 5. The summed E-state index contributed by atoms with van der Waals surface area (Å²) in [5.74, 6) is 2.51. The molecule has 0 aliphatic heterocycles. The zero-order valence-electron chi connectivity index (χ0n) is 19.5. The second kappa shape index (κ2) is 9.87. The second-order valence-electron chi connectivity index (χ2n) is 7.47. The summed E-state index contributed by atoms with van der Waals surface area (Å²) in [6.07, 6.45) is 0. The topological polar surface area (TPSA) is 54.7 Å². The Hall–Kier alpha value is -3.35. The maximum absolute atomic E-state index is 6.60. The van der Waals surface area contributed by atoms with Gasteiger partial charge in [-0.3, -0.25) is 0 Å². The number of rotatable bonds is 7. The van der Waals surface area contributed by atoms with Crippen LogP contribution in [0.5, 0.6) is 23.0 Å². The molecule has 3 aromatic carbocycles. The Morgan fingerprint density at radius 2 is 1.24 bits per heavy atom. The van der Waals surface area contributed by atoms with Crippen LogP contribution >= 0.6 is 23.2 Å². The van der Waals surface area contributed by atoms with Crippen molar-refractivity contribution >= 4 is 23.2 Å². The summed E-state index contributed by atoms with van der Waals surface area (Å²) in [5.41, 5.74) is 5.05. The van der Waals surface area contributed by atoms with Crippen LogP contribution in [0.1, 0.15) is 5.56 Å². The zero-order chi connectivity index (χ0) is 24.4. The van der Waals surface area contributed by atoms with Crippen LogP contribution in [0.15, 0.2) is 54.6 Å². The van der Waals surface area contributed by atoms with Crippen molar-refractivity contribution in [2.45, 2.75) is 6.92 Å². The van der Waals surface area contributed by atoms with Gasteiger partial charge in [-0.05, 0) is 61.5 Å². The third-order valence-corrected chi connectivity index (χ3v) is 6.11. The van der Waals surface area contributed by atoms with Crippen LogP contribution in [0.25, 0.3) is 28.2 Å². The summed E-state index contributed by atoms with van der Waals surface area (Å²) in [7, 11) is 6.43. The first-order valence-corrected chi connectivity index (χ1v) is 11.2. The van der Waals surface area contributed by atoms with Gasteiger partial charge in [-0.25, -0.2) is 4.68 Å². The number of aromatic nitrogens is 2. The lowest BCUT2D eigenvalue weighted by Gasteiger charge is -2.13. The van der Waals surface area contributed by atoms with Crippen LogP contribution in [0.2, 0.25) is 10.0 Å². The van der Waals surface area contributed by atoms with E-state index in [4.69, 9.17) is 47.2 Å². The lowest BCUT2D eigenvalue weighted by Crippen LogP contribution is -2.01. The first-order chi connectivity index (χ1) is 16.4. The van der Waals surface area contributed by atoms with Gasteiger partial charge in [0.05, 0.1) is 50.5 Å². The van der Waals surface area contributed by atoms with Gasteiger partial charge in [-0.15, -0.1) is 0 Å². The summed E-state index contributed by atoms with van der Waals surface area (Å²) >= 11 is 12.8. The number of nitrogens with zero attached hydrogens (tertiary/aromatic N) is 2. The van der Waals surface area contributed by atoms with Gasteiger partial charge < -0.3 is 18.9 Å². The van der Waals surface area contributed by atoms with E-state index in [1.54, 1.807) is 40.6 Å². The number of methoxy groups -OCH3 is 4. The maximum atomic E-state index is 6.60. The van der Waals surface area contributed by atoms with E-state index in [9.17, 15) is 0 Å². The molecule has 0 atom stereocenters. The highest BCUT2D eigenvalue weighted by atomic mass is 35.5. The predicted octanol–water partition coefficient (Wildman–Crippen LogP) is 6.86. The molecule has 0 saturated carbocycles. The monoisotopic (exact) mass is 498 g/mol. The molecule has 0 aliphatic carbocycles. The Labute approximate surface area is 208 Å². The summed E-state index contributed by atoms with van der Waals surface area (Å²) < 4.78 is 23.7. The first kappa shape index (κ1) is 23.8. The zero-order valence-corrected chi connectivity index (χ0v) is 21.0. The van der Waals surface area contributed by atoms with Crippen molar-refractivity contribution in [1.82, 2.24) is 9.78 Å². The molecule has 1 heterocycles. The molecule has 176 valence electrons. The molecule has 1 aromatic heterocycles. The Kier molecular flexibility index (Phi) is 6.91. The average molecular weight is 499 g/mol. The molecule has 6 nitrogen and oxygen atoms in total. The third-order valence-electron chi connectivity index (χ3n) is 5.57. The molecule has 8 heteroatoms. The van der Waals surface area contributed by atoms with Crippen LogP contribution in [0.4, 0.5) is 0 Å². The molecular formula is C26H24Cl2N2O4. The number of halogens is 2. The van der Waals surface area contributed by atoms with Crippen LogP contribution in [0.3, 0.4) is 0 Å². The maximum Gasteiger partial charge on any atom is 0.161 e. The van der Waals surface area contributed by atoms with Crippen molar-refractivity contribution in [1.29, 1.82) is 0 Å². The van der Waals surface area contributed by atoms with Gasteiger partial charge in [0.25, 0.3) is 0 Å². The molecule has 0 bridgehead atoms. The molecular weight excluding hydrogens is 475 g/mol. The lowest BCUT2D eigenvalue weighted by atomic mass is 10.0. The summed E-state index contributed by atoms with van der Waals surface area (Å²) in [6, 6.07) is 16.8. The van der Waals surface area contributed by atoms with Gasteiger partial charge in [-0.1, -0.05) is 23.2 Å². The molecule has 34 heavy (non-hydrogen) atoms. The lowest BCUT2D eigenvalue weighted by molar-refractivity contribution is 0.355. The predicted molar refractivity (Wildman–Crippen MR) is 135 cm³/mol. The minimum absolute atomic E-state index is 0.482. The molecule has 0 unspecified atom stereocenters. The summed E-state index contributed by atoms with van der Waals surface area (Å²) in [4.78, 5) is 0. The average Bonchev–Trinajstić information content (AvgIpc) is 3.19. The largest absolute Gasteiger partial charge is 0.493 e. The molecule has 4 rings (SSSR count). The van der Waals surface area contributed by atoms with Crippen molar-refractivity contribution in [3.63, 3.8) is 0 Å². The van der Waals surface area contributed by atoms with Crippen molar-refractivity contribution < 1.29 is 18.9 Å². The van der Waals surface area contributed by atoms with E-state index in [1.807, 2.05) is 54.1 Å². The Bertz CT molecular complexity index is 1350. The van der Waals surface area contributed by atoms with Crippen LogP contribution in [-0.4, -0.2) is 38.2 Å². The van der Waals surface area contributed by atoms with E-state index in [-0.39, 0.29) is 0 Å². The Morgan fingerprint density at radius 1 is 0.676 bits per heavy atom. The van der Waals surface area contributed by atoms with E-state index in [1.165, 1.54) is 0 Å². The first-order valence-electron chi connectivity index (χ1n) is 10.4. The van der Waals surface area contributed by atoms with E-state index in [0.717, 1.165) is 28.1 Å². The minimum Gasteiger partial charge on any atom is -0.493 e. The molecule has 0 saturated heterocycles. The highest BCUT2D eigenvalue weighted by Crippen LogP contribution is 2.40. The van der Waals surface area contributed by atoms with Crippen molar-refractivity contribution in [3.05, 3.63) is 70.2 Å². The summed E-state index contributed by atoms with van der Waals surface area (Å²) in [5, 5.41) is 6.00. The SMILES string of the molecule is COc1ccc(-c2nn(-c3ccc(Cl)cc3Cl)c(-c3ccc(OC)c(OC)c3)c2C)cc1OC. The van der Waals surface area contributed by atoms with Gasteiger partial charge in [0, 0.05) is 21.7 Å². The number of ether oxygens (including phenoxy) is 4. The number of benzene rings is 3. The summed E-state index contributed by atoms with van der Waals surface area (Å²) in [6.45, 7) is 2.02. The van der Waals surface area contributed by atoms with Crippen molar-refractivity contribution in [3.8, 4) is 51.2 Å². The van der Waals surface area contributed by atoms with Crippen LogP contribution < -0.4 is 18.9 Å². The van der Waals surface area contributed by atoms with Gasteiger partial charge >= 0.3 is 0 Å². The fraction of sp³-hybridized carbons (Fsp3) is 0.192. The molecule has 0 N–H and O–H groups in total. The number of hydrogen-bond donors (Lipinski definition) is 0. The normalized spacial score (nSPS) is 10.8. The highest BCUT2D eigenvalue weighted by molar-refractivity contribution is 6.35. The van der Waals surface area contributed by atoms with E-state index in [0.29, 0.717) is 38.7 Å².